The van der Waals surface area contributed by atoms with Crippen LogP contribution in [0.2, 0.25) is 0 Å². The maximum absolute atomic E-state index is 10.8. The molecular formula is C11H11BrO4. The first kappa shape index (κ1) is 12.6. The molecule has 16 heavy (non-hydrogen) atoms. The number of aliphatic carboxylic acids is 1. The van der Waals surface area contributed by atoms with Crippen molar-refractivity contribution in [1.82, 2.24) is 0 Å². The number of benzene rings is 1. The van der Waals surface area contributed by atoms with E-state index in [9.17, 15) is 4.79 Å². The summed E-state index contributed by atoms with van der Waals surface area (Å²) in [4.78, 5) is 10.8. The number of rotatable bonds is 4. The molecule has 1 rings (SSSR count). The third kappa shape index (κ3) is 2.36. The van der Waals surface area contributed by atoms with Crippen molar-refractivity contribution in [2.24, 2.45) is 0 Å². The van der Waals surface area contributed by atoms with E-state index in [-0.39, 0.29) is 5.57 Å². The molecule has 1 aromatic carbocycles. The minimum absolute atomic E-state index is 0.00664. The molecule has 0 heterocycles. The Morgan fingerprint density at radius 1 is 1.31 bits per heavy atom. The molecule has 5 heteroatoms. The molecule has 0 saturated heterocycles. The monoisotopic (exact) mass is 286 g/mol. The quantitative estimate of drug-likeness (QED) is 0.865. The van der Waals surface area contributed by atoms with Crippen molar-refractivity contribution in [1.29, 1.82) is 0 Å². The number of halogens is 1. The Hall–Kier alpha value is -1.49. The van der Waals surface area contributed by atoms with Gasteiger partial charge in [-0.3, -0.25) is 0 Å². The maximum Gasteiger partial charge on any atom is 0.335 e. The number of carbonyl (C=O) groups is 1. The third-order valence-corrected chi connectivity index (χ3v) is 2.71. The lowest BCUT2D eigenvalue weighted by atomic mass is 10.1. The van der Waals surface area contributed by atoms with E-state index in [4.69, 9.17) is 14.6 Å². The predicted octanol–water partition coefficient (Wildman–Crippen LogP) is 2.56. The highest BCUT2D eigenvalue weighted by atomic mass is 79.9. The van der Waals surface area contributed by atoms with Crippen molar-refractivity contribution < 1.29 is 19.4 Å². The summed E-state index contributed by atoms with van der Waals surface area (Å²) in [7, 11) is 3.00. The first-order chi connectivity index (χ1) is 7.51. The van der Waals surface area contributed by atoms with Gasteiger partial charge in [0.2, 0.25) is 0 Å². The summed E-state index contributed by atoms with van der Waals surface area (Å²) in [5.74, 6) is -0.0904. The average molecular weight is 287 g/mol. The van der Waals surface area contributed by atoms with E-state index in [1.54, 1.807) is 12.1 Å². The van der Waals surface area contributed by atoms with Gasteiger partial charge in [-0.15, -0.1) is 0 Å². The molecule has 1 N–H and O–H groups in total. The Kier molecular flexibility index (Phi) is 3.95. The summed E-state index contributed by atoms with van der Waals surface area (Å²) in [5, 5.41) is 8.86. The van der Waals surface area contributed by atoms with E-state index < -0.39 is 5.97 Å². The second-order valence-electron chi connectivity index (χ2n) is 2.97. The number of ether oxygens (including phenoxy) is 2. The minimum Gasteiger partial charge on any atom is -0.493 e. The highest BCUT2D eigenvalue weighted by Gasteiger charge is 2.15. The van der Waals surface area contributed by atoms with Crippen LogP contribution in [0.15, 0.2) is 23.2 Å². The summed E-state index contributed by atoms with van der Waals surface area (Å²) >= 11 is 3.26. The molecule has 0 radical (unpaired) electrons. The molecule has 0 saturated carbocycles. The lowest BCUT2D eigenvalue weighted by Gasteiger charge is -2.11. The van der Waals surface area contributed by atoms with Crippen LogP contribution in [0.1, 0.15) is 5.56 Å². The SMILES string of the molecule is C=C(C(=O)O)c1cc(OC)c(OC)cc1Br. The molecule has 1 aromatic rings. The van der Waals surface area contributed by atoms with Gasteiger partial charge in [0, 0.05) is 10.0 Å². The summed E-state index contributed by atoms with van der Waals surface area (Å²) in [5.41, 5.74) is 0.456. The number of methoxy groups -OCH3 is 2. The Bertz CT molecular complexity index is 440. The van der Waals surface area contributed by atoms with Crippen LogP contribution in [0.4, 0.5) is 0 Å². The summed E-state index contributed by atoms with van der Waals surface area (Å²) in [6.07, 6.45) is 0. The van der Waals surface area contributed by atoms with E-state index in [1.165, 1.54) is 14.2 Å². The number of hydrogen-bond donors (Lipinski definition) is 1. The predicted molar refractivity (Wildman–Crippen MR) is 63.9 cm³/mol. The minimum atomic E-state index is -1.08. The van der Waals surface area contributed by atoms with Crippen LogP contribution in [0.5, 0.6) is 11.5 Å². The highest BCUT2D eigenvalue weighted by molar-refractivity contribution is 9.10. The van der Waals surface area contributed by atoms with Crippen molar-refractivity contribution in [3.63, 3.8) is 0 Å². The molecule has 0 fully saturated rings. The first-order valence-corrected chi connectivity index (χ1v) is 5.14. The second-order valence-corrected chi connectivity index (χ2v) is 3.83. The number of carboxylic acids is 1. The van der Waals surface area contributed by atoms with Crippen molar-refractivity contribution in [3.8, 4) is 11.5 Å². The van der Waals surface area contributed by atoms with Gasteiger partial charge >= 0.3 is 5.97 Å². The lowest BCUT2D eigenvalue weighted by Crippen LogP contribution is -2.00. The zero-order valence-corrected chi connectivity index (χ0v) is 10.5. The molecule has 86 valence electrons. The number of hydrogen-bond acceptors (Lipinski definition) is 3. The van der Waals surface area contributed by atoms with Gasteiger partial charge in [-0.2, -0.15) is 0 Å². The van der Waals surface area contributed by atoms with Gasteiger partial charge in [0.15, 0.2) is 11.5 Å². The van der Waals surface area contributed by atoms with Crippen LogP contribution in [-0.4, -0.2) is 25.3 Å². The lowest BCUT2D eigenvalue weighted by molar-refractivity contribution is -0.130. The van der Waals surface area contributed by atoms with E-state index >= 15 is 0 Å². The standard InChI is InChI=1S/C11H11BrO4/c1-6(11(13)14)7-4-9(15-2)10(16-3)5-8(7)12/h4-5H,1H2,2-3H3,(H,13,14). The van der Waals surface area contributed by atoms with Crippen LogP contribution >= 0.6 is 15.9 Å². The fraction of sp³-hybridized carbons (Fsp3) is 0.182. The van der Waals surface area contributed by atoms with E-state index in [0.717, 1.165) is 0 Å². The van der Waals surface area contributed by atoms with Crippen molar-refractivity contribution in [3.05, 3.63) is 28.7 Å². The van der Waals surface area contributed by atoms with Gasteiger partial charge in [-0.1, -0.05) is 22.5 Å². The molecule has 0 atom stereocenters. The zero-order chi connectivity index (χ0) is 12.3. The van der Waals surface area contributed by atoms with E-state index in [2.05, 4.69) is 22.5 Å². The van der Waals surface area contributed by atoms with Gasteiger partial charge in [0.05, 0.1) is 19.8 Å². The van der Waals surface area contributed by atoms with Crippen LogP contribution in [0.25, 0.3) is 5.57 Å². The average Bonchev–Trinajstić information content (AvgIpc) is 2.27. The van der Waals surface area contributed by atoms with Crippen LogP contribution in [-0.2, 0) is 4.79 Å². The summed E-state index contributed by atoms with van der Waals surface area (Å²) < 4.78 is 10.8. The third-order valence-electron chi connectivity index (χ3n) is 2.06. The van der Waals surface area contributed by atoms with E-state index in [0.29, 0.717) is 21.5 Å². The molecule has 0 amide bonds. The largest absolute Gasteiger partial charge is 0.493 e. The molecule has 0 aliphatic carbocycles. The summed E-state index contributed by atoms with van der Waals surface area (Å²) in [6.45, 7) is 3.49. The fourth-order valence-corrected chi connectivity index (χ4v) is 1.76. The van der Waals surface area contributed by atoms with Crippen LogP contribution < -0.4 is 9.47 Å². The molecule has 0 aromatic heterocycles. The molecule has 0 aliphatic rings. The highest BCUT2D eigenvalue weighted by Crippen LogP contribution is 2.35. The van der Waals surface area contributed by atoms with Crippen LogP contribution in [0.3, 0.4) is 0 Å². The first-order valence-electron chi connectivity index (χ1n) is 4.35. The molecule has 0 spiro atoms. The normalized spacial score (nSPS) is 9.69. The molecule has 0 aliphatic heterocycles. The fourth-order valence-electron chi connectivity index (χ4n) is 1.20. The Morgan fingerprint density at radius 3 is 2.25 bits per heavy atom. The smallest absolute Gasteiger partial charge is 0.335 e. The van der Waals surface area contributed by atoms with Crippen molar-refractivity contribution >= 4 is 27.5 Å². The summed E-state index contributed by atoms with van der Waals surface area (Å²) in [6, 6.07) is 3.21. The Labute approximate surface area is 102 Å². The van der Waals surface area contributed by atoms with Gasteiger partial charge in [-0.25, -0.2) is 4.79 Å². The molecule has 0 unspecified atom stereocenters. The number of carboxylic acid groups (broad SMARTS) is 1. The Balaban J connectivity index is 3.32. The zero-order valence-electron chi connectivity index (χ0n) is 8.91. The van der Waals surface area contributed by atoms with Gasteiger partial charge in [-0.05, 0) is 12.1 Å². The second kappa shape index (κ2) is 5.03. The maximum atomic E-state index is 10.8. The molecule has 4 nitrogen and oxygen atoms in total. The van der Waals surface area contributed by atoms with Crippen molar-refractivity contribution in [2.75, 3.05) is 14.2 Å². The van der Waals surface area contributed by atoms with E-state index in [1.807, 2.05) is 0 Å². The molecular weight excluding hydrogens is 276 g/mol. The van der Waals surface area contributed by atoms with Gasteiger partial charge < -0.3 is 14.6 Å². The topological polar surface area (TPSA) is 55.8 Å². The van der Waals surface area contributed by atoms with Crippen LogP contribution in [0, 0.1) is 0 Å². The van der Waals surface area contributed by atoms with Gasteiger partial charge in [0.1, 0.15) is 0 Å². The van der Waals surface area contributed by atoms with Crippen molar-refractivity contribution in [2.45, 2.75) is 0 Å². The van der Waals surface area contributed by atoms with Gasteiger partial charge in [0.25, 0.3) is 0 Å². The molecule has 0 bridgehead atoms. The Morgan fingerprint density at radius 2 is 1.81 bits per heavy atom.